The molecule has 1 N–H and O–H groups in total. The molecule has 0 aromatic carbocycles. The van der Waals surface area contributed by atoms with Crippen LogP contribution in [0.5, 0.6) is 0 Å². The maximum Gasteiger partial charge on any atom is 0.0989 e. The number of aromatic nitrogens is 1. The van der Waals surface area contributed by atoms with Gasteiger partial charge in [0, 0.05) is 26.4 Å². The highest BCUT2D eigenvalue weighted by Crippen LogP contribution is 2.19. The molecule has 1 rings (SSSR count). The molecule has 0 spiro atoms. The van der Waals surface area contributed by atoms with Gasteiger partial charge in [0.1, 0.15) is 0 Å². The molecule has 4 heteroatoms. The molecule has 0 aliphatic rings. The molecule has 1 aromatic heterocycles. The highest BCUT2D eigenvalue weighted by Gasteiger charge is 2.01. The average Bonchev–Trinajstić information content (AvgIpc) is 2.28. The van der Waals surface area contributed by atoms with Gasteiger partial charge in [-0.15, -0.1) is 11.8 Å². The third kappa shape index (κ3) is 4.51. The van der Waals surface area contributed by atoms with E-state index in [9.17, 15) is 0 Å². The minimum absolute atomic E-state index is 0.746. The van der Waals surface area contributed by atoms with Gasteiger partial charge < -0.3 is 10.1 Å². The number of hydrogen-bond acceptors (Lipinski definition) is 4. The monoisotopic (exact) mass is 240 g/mol. The first kappa shape index (κ1) is 13.5. The summed E-state index contributed by atoms with van der Waals surface area (Å²) in [5, 5.41) is 4.45. The Bertz CT molecular complexity index is 318. The van der Waals surface area contributed by atoms with Gasteiger partial charge in [0.25, 0.3) is 0 Å². The molecule has 0 amide bonds. The highest BCUT2D eigenvalue weighted by atomic mass is 32.2. The van der Waals surface area contributed by atoms with Gasteiger partial charge in [-0.05, 0) is 23.8 Å². The van der Waals surface area contributed by atoms with Crippen molar-refractivity contribution in [2.45, 2.75) is 25.4 Å². The molecule has 0 saturated heterocycles. The molecular formula is C12H20N2OS. The molecule has 0 unspecified atom stereocenters. The Morgan fingerprint density at radius 2 is 2.31 bits per heavy atom. The molecule has 1 heterocycles. The third-order valence-corrected chi connectivity index (χ3v) is 3.17. The standard InChI is InChI=1S/C12H20N2OS/c1-4-16-12-10(2)7-11(9-14-12)8-13-5-6-15-3/h7,9,13H,4-6,8H2,1-3H3. The van der Waals surface area contributed by atoms with Crippen molar-refractivity contribution in [1.29, 1.82) is 0 Å². The Morgan fingerprint density at radius 1 is 1.50 bits per heavy atom. The normalized spacial score (nSPS) is 10.7. The molecule has 0 aliphatic carbocycles. The SMILES string of the molecule is CCSc1ncc(CNCCOC)cc1C. The van der Waals surface area contributed by atoms with Gasteiger partial charge >= 0.3 is 0 Å². The first-order valence-electron chi connectivity index (χ1n) is 5.56. The van der Waals surface area contributed by atoms with Gasteiger partial charge in [-0.2, -0.15) is 0 Å². The zero-order valence-electron chi connectivity index (χ0n) is 10.2. The number of hydrogen-bond donors (Lipinski definition) is 1. The second kappa shape index (κ2) is 7.65. The van der Waals surface area contributed by atoms with E-state index in [1.165, 1.54) is 11.1 Å². The summed E-state index contributed by atoms with van der Waals surface area (Å²) in [6.07, 6.45) is 1.95. The van der Waals surface area contributed by atoms with Crippen molar-refractivity contribution in [3.8, 4) is 0 Å². The fraction of sp³-hybridized carbons (Fsp3) is 0.583. The zero-order valence-corrected chi connectivity index (χ0v) is 11.1. The van der Waals surface area contributed by atoms with Crippen molar-refractivity contribution in [2.24, 2.45) is 0 Å². The molecule has 0 radical (unpaired) electrons. The maximum absolute atomic E-state index is 4.97. The molecule has 0 aliphatic heterocycles. The summed E-state index contributed by atoms with van der Waals surface area (Å²) in [5.74, 6) is 1.07. The molecule has 1 aromatic rings. The lowest BCUT2D eigenvalue weighted by Gasteiger charge is -2.07. The van der Waals surface area contributed by atoms with Crippen LogP contribution < -0.4 is 5.32 Å². The van der Waals surface area contributed by atoms with Crippen LogP contribution in [0.1, 0.15) is 18.1 Å². The molecule has 0 saturated carbocycles. The van der Waals surface area contributed by atoms with Crippen LogP contribution in [0.2, 0.25) is 0 Å². The van der Waals surface area contributed by atoms with Crippen molar-refractivity contribution in [1.82, 2.24) is 10.3 Å². The van der Waals surface area contributed by atoms with Gasteiger partial charge in [0.2, 0.25) is 0 Å². The Kier molecular flexibility index (Phi) is 6.45. The number of aryl methyl sites for hydroxylation is 1. The Labute approximate surface area is 102 Å². The van der Waals surface area contributed by atoms with Gasteiger partial charge in [0.15, 0.2) is 0 Å². The minimum atomic E-state index is 0.746. The summed E-state index contributed by atoms with van der Waals surface area (Å²) in [7, 11) is 1.71. The molecule has 0 fully saturated rings. The van der Waals surface area contributed by atoms with Crippen molar-refractivity contribution >= 4 is 11.8 Å². The Hall–Kier alpha value is -0.580. The second-order valence-corrected chi connectivity index (χ2v) is 4.82. The fourth-order valence-electron chi connectivity index (χ4n) is 1.41. The first-order valence-corrected chi connectivity index (χ1v) is 6.54. The van der Waals surface area contributed by atoms with E-state index in [1.54, 1.807) is 18.9 Å². The number of nitrogens with zero attached hydrogens (tertiary/aromatic N) is 1. The lowest BCUT2D eigenvalue weighted by Crippen LogP contribution is -2.18. The topological polar surface area (TPSA) is 34.2 Å². The zero-order chi connectivity index (χ0) is 11.8. The van der Waals surface area contributed by atoms with E-state index in [-0.39, 0.29) is 0 Å². The van der Waals surface area contributed by atoms with E-state index < -0.39 is 0 Å². The van der Waals surface area contributed by atoms with Crippen molar-refractivity contribution in [3.05, 3.63) is 23.4 Å². The summed E-state index contributed by atoms with van der Waals surface area (Å²) in [6.45, 7) is 6.74. The van der Waals surface area contributed by atoms with E-state index >= 15 is 0 Å². The Balaban J connectivity index is 2.46. The number of rotatable bonds is 7. The van der Waals surface area contributed by atoms with Crippen LogP contribution in [0.3, 0.4) is 0 Å². The number of thioether (sulfide) groups is 1. The predicted molar refractivity (Wildman–Crippen MR) is 69.0 cm³/mol. The van der Waals surface area contributed by atoms with Crippen molar-refractivity contribution in [3.63, 3.8) is 0 Å². The van der Waals surface area contributed by atoms with Crippen LogP contribution in [-0.2, 0) is 11.3 Å². The van der Waals surface area contributed by atoms with Crippen LogP contribution in [0.15, 0.2) is 17.3 Å². The van der Waals surface area contributed by atoms with Crippen LogP contribution in [0, 0.1) is 6.92 Å². The molecule has 3 nitrogen and oxygen atoms in total. The van der Waals surface area contributed by atoms with E-state index in [1.807, 2.05) is 6.20 Å². The summed E-state index contributed by atoms with van der Waals surface area (Å²) in [4.78, 5) is 4.46. The summed E-state index contributed by atoms with van der Waals surface area (Å²) in [5.41, 5.74) is 2.49. The lowest BCUT2D eigenvalue weighted by atomic mass is 10.2. The molecule has 16 heavy (non-hydrogen) atoms. The summed E-state index contributed by atoms with van der Waals surface area (Å²) in [6, 6.07) is 2.20. The van der Waals surface area contributed by atoms with E-state index in [2.05, 4.69) is 30.2 Å². The number of ether oxygens (including phenoxy) is 1. The van der Waals surface area contributed by atoms with E-state index in [4.69, 9.17) is 4.74 Å². The fourth-order valence-corrected chi connectivity index (χ4v) is 2.10. The highest BCUT2D eigenvalue weighted by molar-refractivity contribution is 7.99. The molecular weight excluding hydrogens is 220 g/mol. The Morgan fingerprint density at radius 3 is 2.94 bits per heavy atom. The first-order chi connectivity index (χ1) is 7.77. The number of pyridine rings is 1. The smallest absolute Gasteiger partial charge is 0.0989 e. The molecule has 90 valence electrons. The van der Waals surface area contributed by atoms with Gasteiger partial charge in [-0.1, -0.05) is 13.0 Å². The van der Waals surface area contributed by atoms with E-state index in [0.29, 0.717) is 0 Å². The lowest BCUT2D eigenvalue weighted by molar-refractivity contribution is 0.199. The maximum atomic E-state index is 4.97. The van der Waals surface area contributed by atoms with Gasteiger partial charge in [-0.3, -0.25) is 0 Å². The number of nitrogens with one attached hydrogen (secondary N) is 1. The number of methoxy groups -OCH3 is 1. The predicted octanol–water partition coefficient (Wildman–Crippen LogP) is 2.24. The van der Waals surface area contributed by atoms with Gasteiger partial charge in [0.05, 0.1) is 11.6 Å². The van der Waals surface area contributed by atoms with Gasteiger partial charge in [-0.25, -0.2) is 4.98 Å². The van der Waals surface area contributed by atoms with Crippen molar-refractivity contribution in [2.75, 3.05) is 26.0 Å². The van der Waals surface area contributed by atoms with Crippen LogP contribution in [0.4, 0.5) is 0 Å². The quantitative estimate of drug-likeness (QED) is 0.585. The minimum Gasteiger partial charge on any atom is -0.383 e. The largest absolute Gasteiger partial charge is 0.383 e. The van der Waals surface area contributed by atoms with Crippen LogP contribution in [-0.4, -0.2) is 31.0 Å². The average molecular weight is 240 g/mol. The molecule has 0 atom stereocenters. The molecule has 0 bridgehead atoms. The van der Waals surface area contributed by atoms with E-state index in [0.717, 1.165) is 30.5 Å². The van der Waals surface area contributed by atoms with Crippen molar-refractivity contribution < 1.29 is 4.74 Å². The summed E-state index contributed by atoms with van der Waals surface area (Å²) < 4.78 is 4.97. The van der Waals surface area contributed by atoms with Crippen LogP contribution >= 0.6 is 11.8 Å². The third-order valence-electron chi connectivity index (χ3n) is 2.18. The summed E-state index contributed by atoms with van der Waals surface area (Å²) >= 11 is 1.79. The second-order valence-electron chi connectivity index (χ2n) is 3.57. The van der Waals surface area contributed by atoms with Crippen LogP contribution in [0.25, 0.3) is 0 Å².